The van der Waals surface area contributed by atoms with Crippen molar-refractivity contribution in [1.82, 2.24) is 15.1 Å². The number of ether oxygens (including phenoxy) is 1. The number of rotatable bonds is 11. The average molecular weight is 556 g/mol. The molecule has 1 aromatic heterocycles. The van der Waals surface area contributed by atoms with Crippen LogP contribution in [0.4, 0.5) is 5.82 Å². The number of benzene rings is 3. The molecule has 8 nitrogen and oxygen atoms in total. The van der Waals surface area contributed by atoms with E-state index in [2.05, 4.69) is 21.8 Å². The van der Waals surface area contributed by atoms with E-state index in [1.807, 2.05) is 32.9 Å². The van der Waals surface area contributed by atoms with Crippen molar-refractivity contribution in [2.24, 2.45) is 0 Å². The van der Waals surface area contributed by atoms with Gasteiger partial charge >= 0.3 is 0 Å². The number of aryl methyl sites for hydroxylation is 1. The molecule has 0 bridgehead atoms. The van der Waals surface area contributed by atoms with E-state index in [1.54, 1.807) is 60.7 Å². The number of nitrogens with one attached hydrogen (secondary N) is 2. The molecule has 0 saturated carbocycles. The summed E-state index contributed by atoms with van der Waals surface area (Å²) >= 11 is 6.07. The zero-order valence-electron chi connectivity index (χ0n) is 22.6. The Labute approximate surface area is 238 Å². The molecule has 0 saturated heterocycles. The van der Waals surface area contributed by atoms with E-state index in [0.717, 1.165) is 5.56 Å². The first-order valence-corrected chi connectivity index (χ1v) is 13.3. The van der Waals surface area contributed by atoms with Crippen LogP contribution in [0, 0.1) is 18.3 Å². The molecule has 0 aliphatic heterocycles. The summed E-state index contributed by atoms with van der Waals surface area (Å²) in [7, 11) is 0. The van der Waals surface area contributed by atoms with Crippen molar-refractivity contribution in [2.75, 3.05) is 18.4 Å². The minimum absolute atomic E-state index is 0.0570. The summed E-state index contributed by atoms with van der Waals surface area (Å²) in [4.78, 5) is 25.9. The summed E-state index contributed by atoms with van der Waals surface area (Å²) in [6.45, 7) is 6.65. The Morgan fingerprint density at radius 3 is 2.25 bits per heavy atom. The maximum Gasteiger partial charge on any atom is 0.251 e. The average Bonchev–Trinajstić information content (AvgIpc) is 3.31. The topological polar surface area (TPSA) is 109 Å². The van der Waals surface area contributed by atoms with E-state index in [4.69, 9.17) is 16.3 Å². The van der Waals surface area contributed by atoms with Gasteiger partial charge in [0, 0.05) is 29.2 Å². The summed E-state index contributed by atoms with van der Waals surface area (Å²) in [5.74, 6) is 0.573. The van der Waals surface area contributed by atoms with Gasteiger partial charge in [-0.2, -0.15) is 10.4 Å². The monoisotopic (exact) mass is 555 g/mol. The minimum Gasteiger partial charge on any atom is -0.491 e. The van der Waals surface area contributed by atoms with Crippen molar-refractivity contribution in [3.8, 4) is 17.5 Å². The van der Waals surface area contributed by atoms with E-state index >= 15 is 0 Å². The van der Waals surface area contributed by atoms with E-state index < -0.39 is 0 Å². The van der Waals surface area contributed by atoms with E-state index in [1.165, 1.54) is 4.68 Å². The Bertz CT molecular complexity index is 1520. The van der Waals surface area contributed by atoms with Crippen LogP contribution in [0.3, 0.4) is 0 Å². The van der Waals surface area contributed by atoms with Gasteiger partial charge in [-0.25, -0.2) is 4.68 Å². The van der Waals surface area contributed by atoms with Gasteiger partial charge in [0.25, 0.3) is 5.91 Å². The number of hydrogen-bond donors (Lipinski definition) is 2. The van der Waals surface area contributed by atoms with Crippen LogP contribution in [0.1, 0.15) is 57.8 Å². The molecule has 0 spiro atoms. The first kappa shape index (κ1) is 28.4. The lowest BCUT2D eigenvalue weighted by molar-refractivity contribution is 0.0952. The fourth-order valence-electron chi connectivity index (χ4n) is 4.01. The maximum absolute atomic E-state index is 13.3. The number of ketones is 1. The van der Waals surface area contributed by atoms with Gasteiger partial charge in [-0.05, 0) is 75.7 Å². The van der Waals surface area contributed by atoms with Gasteiger partial charge < -0.3 is 15.4 Å². The Balaban J connectivity index is 1.47. The third-order valence-electron chi connectivity index (χ3n) is 6.02. The van der Waals surface area contributed by atoms with Crippen LogP contribution < -0.4 is 15.4 Å². The second-order valence-electron chi connectivity index (χ2n) is 9.49. The molecule has 0 atom stereocenters. The minimum atomic E-state index is -0.343. The molecule has 9 heteroatoms. The number of carbonyl (C=O) groups excluding carboxylic acids is 2. The van der Waals surface area contributed by atoms with Crippen LogP contribution in [0.2, 0.25) is 5.02 Å². The Morgan fingerprint density at radius 1 is 0.975 bits per heavy atom. The SMILES string of the molecule is Cc1ccc(C(=O)c2nn(-c3ccc(Cl)cc3)c(NCCCNC(=O)c3ccc(OC(C)C)cc3)c2C#N)cc1. The molecule has 4 aromatic rings. The normalized spacial score (nSPS) is 10.7. The Morgan fingerprint density at radius 2 is 1.62 bits per heavy atom. The zero-order chi connectivity index (χ0) is 28.6. The van der Waals surface area contributed by atoms with Crippen molar-refractivity contribution in [2.45, 2.75) is 33.3 Å². The first-order chi connectivity index (χ1) is 19.3. The standard InChI is InChI=1S/C31H30ClN5O3/c1-20(2)40-26-15-9-23(10-16-26)31(39)35-18-4-17-34-30-27(19-33)28(29(38)22-7-5-21(3)6-8-22)36-37(30)25-13-11-24(32)12-14-25/h5-16,20,34H,4,17-18H2,1-3H3,(H,35,39). The van der Waals surface area contributed by atoms with Crippen LogP contribution in [0.5, 0.6) is 5.75 Å². The van der Waals surface area contributed by atoms with Gasteiger partial charge in [0.05, 0.1) is 11.8 Å². The number of nitriles is 1. The van der Waals surface area contributed by atoms with Crippen LogP contribution in [0.15, 0.2) is 72.8 Å². The van der Waals surface area contributed by atoms with Gasteiger partial charge in [-0.3, -0.25) is 9.59 Å². The number of carbonyl (C=O) groups is 2. The summed E-state index contributed by atoms with van der Waals surface area (Å²) in [6.07, 6.45) is 0.625. The van der Waals surface area contributed by atoms with Crippen molar-refractivity contribution in [3.05, 3.63) is 106 Å². The molecule has 204 valence electrons. The second-order valence-corrected chi connectivity index (χ2v) is 9.93. The number of hydrogen-bond acceptors (Lipinski definition) is 6. The molecule has 0 unspecified atom stereocenters. The highest BCUT2D eigenvalue weighted by molar-refractivity contribution is 6.30. The highest BCUT2D eigenvalue weighted by Crippen LogP contribution is 2.26. The third kappa shape index (κ3) is 6.87. The lowest BCUT2D eigenvalue weighted by Gasteiger charge is -2.12. The molecule has 40 heavy (non-hydrogen) atoms. The predicted molar refractivity (Wildman–Crippen MR) is 156 cm³/mol. The largest absolute Gasteiger partial charge is 0.491 e. The van der Waals surface area contributed by atoms with Crippen molar-refractivity contribution in [1.29, 1.82) is 5.26 Å². The summed E-state index contributed by atoms with van der Waals surface area (Å²) in [5.41, 5.74) is 2.85. The molecule has 2 N–H and O–H groups in total. The van der Waals surface area contributed by atoms with Gasteiger partial charge in [0.2, 0.25) is 5.78 Å². The van der Waals surface area contributed by atoms with E-state index in [0.29, 0.717) is 52.9 Å². The highest BCUT2D eigenvalue weighted by atomic mass is 35.5. The van der Waals surface area contributed by atoms with Gasteiger partial charge in [-0.1, -0.05) is 41.4 Å². The fraction of sp³-hybridized carbons (Fsp3) is 0.226. The lowest BCUT2D eigenvalue weighted by Crippen LogP contribution is -2.26. The fourth-order valence-corrected chi connectivity index (χ4v) is 4.14. The molecule has 4 rings (SSSR count). The maximum atomic E-state index is 13.3. The molecule has 0 radical (unpaired) electrons. The van der Waals surface area contributed by atoms with Crippen LogP contribution in [0.25, 0.3) is 5.69 Å². The van der Waals surface area contributed by atoms with Gasteiger partial charge in [0.15, 0.2) is 5.69 Å². The molecule has 0 aliphatic carbocycles. The summed E-state index contributed by atoms with van der Waals surface area (Å²) in [5, 5.41) is 21.3. The molecular weight excluding hydrogens is 526 g/mol. The number of aromatic nitrogens is 2. The molecular formula is C31H30ClN5O3. The Kier molecular flexibility index (Phi) is 9.20. The van der Waals surface area contributed by atoms with Gasteiger partial charge in [-0.15, -0.1) is 0 Å². The zero-order valence-corrected chi connectivity index (χ0v) is 23.3. The van der Waals surface area contributed by atoms with Crippen molar-refractivity contribution in [3.63, 3.8) is 0 Å². The summed E-state index contributed by atoms with van der Waals surface area (Å²) in [6, 6.07) is 23.2. The predicted octanol–water partition coefficient (Wildman–Crippen LogP) is 5.96. The highest BCUT2D eigenvalue weighted by Gasteiger charge is 2.25. The third-order valence-corrected chi connectivity index (χ3v) is 6.27. The Hall–Kier alpha value is -4.61. The van der Waals surface area contributed by atoms with E-state index in [-0.39, 0.29) is 29.1 Å². The van der Waals surface area contributed by atoms with E-state index in [9.17, 15) is 14.9 Å². The number of halogens is 1. The first-order valence-electron chi connectivity index (χ1n) is 13.0. The van der Waals surface area contributed by atoms with Crippen LogP contribution in [-0.2, 0) is 0 Å². The van der Waals surface area contributed by atoms with Crippen molar-refractivity contribution < 1.29 is 14.3 Å². The number of amides is 1. The smallest absolute Gasteiger partial charge is 0.251 e. The van der Waals surface area contributed by atoms with Crippen molar-refractivity contribution >= 4 is 29.1 Å². The van der Waals surface area contributed by atoms with Gasteiger partial charge in [0.1, 0.15) is 23.2 Å². The molecule has 1 amide bonds. The molecule has 1 heterocycles. The van der Waals surface area contributed by atoms with Crippen LogP contribution >= 0.6 is 11.6 Å². The number of anilines is 1. The molecule has 0 aliphatic rings. The molecule has 3 aromatic carbocycles. The quantitative estimate of drug-likeness (QED) is 0.175. The molecule has 0 fully saturated rings. The second kappa shape index (κ2) is 13.0. The number of nitrogens with zero attached hydrogens (tertiary/aromatic N) is 3. The summed E-state index contributed by atoms with van der Waals surface area (Å²) < 4.78 is 7.16. The van der Waals surface area contributed by atoms with Crippen LogP contribution in [-0.4, -0.2) is 40.7 Å². The lowest BCUT2D eigenvalue weighted by atomic mass is 10.0.